The van der Waals surface area contributed by atoms with Crippen molar-refractivity contribution in [1.82, 2.24) is 19.8 Å². The SMILES string of the molecule is COc1ccc(-c2c(-c3ccc4c(c3)CN(C3CCC(=O)NC3=O)C4=O)ncn2C)c(Cl)c1. The number of amides is 3. The molecule has 0 saturated carbocycles. The van der Waals surface area contributed by atoms with E-state index >= 15 is 0 Å². The van der Waals surface area contributed by atoms with Gasteiger partial charge in [0.05, 0.1) is 29.8 Å². The maximum Gasteiger partial charge on any atom is 0.255 e. The number of fused-ring (bicyclic) bond motifs is 1. The predicted octanol–water partition coefficient (Wildman–Crippen LogP) is 3.18. The molecule has 1 saturated heterocycles. The molecule has 8 nitrogen and oxygen atoms in total. The lowest BCUT2D eigenvalue weighted by atomic mass is 10.0. The minimum absolute atomic E-state index is 0.203. The van der Waals surface area contributed by atoms with E-state index in [2.05, 4.69) is 10.3 Å². The van der Waals surface area contributed by atoms with E-state index in [0.29, 0.717) is 29.3 Å². The number of rotatable bonds is 4. The number of nitrogens with zero attached hydrogens (tertiary/aromatic N) is 3. The van der Waals surface area contributed by atoms with E-state index in [9.17, 15) is 14.4 Å². The summed E-state index contributed by atoms with van der Waals surface area (Å²) in [5.74, 6) is -0.265. The Morgan fingerprint density at radius 2 is 1.91 bits per heavy atom. The van der Waals surface area contributed by atoms with Crippen molar-refractivity contribution in [3.8, 4) is 28.3 Å². The molecule has 2 aliphatic rings. The minimum atomic E-state index is -0.644. The summed E-state index contributed by atoms with van der Waals surface area (Å²) in [7, 11) is 3.48. The second kappa shape index (κ2) is 8.04. The molecule has 1 fully saturated rings. The lowest BCUT2D eigenvalue weighted by molar-refractivity contribution is -0.136. The smallest absolute Gasteiger partial charge is 0.255 e. The molecule has 3 aromatic rings. The van der Waals surface area contributed by atoms with E-state index in [0.717, 1.165) is 28.1 Å². The molecule has 2 aliphatic heterocycles. The van der Waals surface area contributed by atoms with E-state index in [-0.39, 0.29) is 18.2 Å². The van der Waals surface area contributed by atoms with Gasteiger partial charge >= 0.3 is 0 Å². The molecule has 1 N–H and O–H groups in total. The number of ether oxygens (including phenoxy) is 1. The number of hydrogen-bond acceptors (Lipinski definition) is 5. The summed E-state index contributed by atoms with van der Waals surface area (Å²) >= 11 is 6.54. The van der Waals surface area contributed by atoms with Crippen LogP contribution in [-0.4, -0.2) is 45.3 Å². The van der Waals surface area contributed by atoms with Gasteiger partial charge in [0.1, 0.15) is 11.8 Å². The van der Waals surface area contributed by atoms with Crippen molar-refractivity contribution in [3.05, 3.63) is 58.9 Å². The van der Waals surface area contributed by atoms with E-state index in [4.69, 9.17) is 16.3 Å². The first-order valence-corrected chi connectivity index (χ1v) is 10.9. The number of benzene rings is 2. The molecule has 3 heterocycles. The van der Waals surface area contributed by atoms with Gasteiger partial charge in [0.25, 0.3) is 5.91 Å². The first-order valence-electron chi connectivity index (χ1n) is 10.5. The molecule has 9 heteroatoms. The Bertz CT molecular complexity index is 1320. The van der Waals surface area contributed by atoms with Crippen molar-refractivity contribution in [3.63, 3.8) is 0 Å². The van der Waals surface area contributed by atoms with E-state index in [1.165, 1.54) is 4.90 Å². The van der Waals surface area contributed by atoms with Crippen LogP contribution in [0, 0.1) is 0 Å². The van der Waals surface area contributed by atoms with Gasteiger partial charge in [-0.15, -0.1) is 0 Å². The lowest BCUT2D eigenvalue weighted by Gasteiger charge is -2.29. The molecule has 0 radical (unpaired) electrons. The molecule has 3 amide bonds. The quantitative estimate of drug-likeness (QED) is 0.598. The van der Waals surface area contributed by atoms with Gasteiger partial charge in [-0.3, -0.25) is 19.7 Å². The molecular weight excluding hydrogens is 444 g/mol. The number of nitrogens with one attached hydrogen (secondary N) is 1. The number of imidazole rings is 1. The Hall–Kier alpha value is -3.65. The minimum Gasteiger partial charge on any atom is -0.497 e. The molecule has 1 atom stereocenters. The van der Waals surface area contributed by atoms with Crippen LogP contribution in [0.25, 0.3) is 22.5 Å². The monoisotopic (exact) mass is 464 g/mol. The lowest BCUT2D eigenvalue weighted by Crippen LogP contribution is -2.52. The van der Waals surface area contributed by atoms with Crippen LogP contribution in [0.15, 0.2) is 42.7 Å². The van der Waals surface area contributed by atoms with E-state index < -0.39 is 11.9 Å². The van der Waals surface area contributed by atoms with E-state index in [1.54, 1.807) is 25.6 Å². The molecule has 0 bridgehead atoms. The Morgan fingerprint density at radius 3 is 2.64 bits per heavy atom. The summed E-state index contributed by atoms with van der Waals surface area (Å²) in [5, 5.41) is 2.87. The number of carbonyl (C=O) groups excluding carboxylic acids is 3. The van der Waals surface area contributed by atoms with Crippen LogP contribution < -0.4 is 10.1 Å². The number of methoxy groups -OCH3 is 1. The second-order valence-corrected chi connectivity index (χ2v) is 8.58. The first kappa shape index (κ1) is 21.2. The second-order valence-electron chi connectivity index (χ2n) is 8.17. The van der Waals surface area contributed by atoms with Crippen molar-refractivity contribution in [2.45, 2.75) is 25.4 Å². The fourth-order valence-corrected chi connectivity index (χ4v) is 4.76. The third-order valence-corrected chi connectivity index (χ3v) is 6.48. The van der Waals surface area contributed by atoms with E-state index in [1.807, 2.05) is 35.9 Å². The van der Waals surface area contributed by atoms with Crippen molar-refractivity contribution >= 4 is 29.3 Å². The average Bonchev–Trinajstić information content (AvgIpc) is 3.33. The van der Waals surface area contributed by atoms with Crippen molar-refractivity contribution in [2.75, 3.05) is 7.11 Å². The molecule has 5 rings (SSSR count). The zero-order chi connectivity index (χ0) is 23.3. The number of halogens is 1. The molecule has 168 valence electrons. The third kappa shape index (κ3) is 3.56. The number of aryl methyl sites for hydroxylation is 1. The zero-order valence-electron chi connectivity index (χ0n) is 18.1. The van der Waals surface area contributed by atoms with Crippen LogP contribution in [0.2, 0.25) is 5.02 Å². The van der Waals surface area contributed by atoms with Gasteiger partial charge in [-0.1, -0.05) is 17.7 Å². The van der Waals surface area contributed by atoms with Gasteiger partial charge in [0, 0.05) is 36.7 Å². The summed E-state index contributed by atoms with van der Waals surface area (Å²) in [6, 6.07) is 10.4. The first-order chi connectivity index (χ1) is 15.9. The highest BCUT2D eigenvalue weighted by atomic mass is 35.5. The van der Waals surface area contributed by atoms with Gasteiger partial charge in [0.15, 0.2) is 0 Å². The Kier molecular flexibility index (Phi) is 5.17. The van der Waals surface area contributed by atoms with Crippen molar-refractivity contribution < 1.29 is 19.1 Å². The van der Waals surface area contributed by atoms with Crippen LogP contribution in [0.5, 0.6) is 5.75 Å². The largest absolute Gasteiger partial charge is 0.497 e. The Balaban J connectivity index is 1.50. The summed E-state index contributed by atoms with van der Waals surface area (Å²) < 4.78 is 7.16. The number of carbonyl (C=O) groups is 3. The topological polar surface area (TPSA) is 93.5 Å². The predicted molar refractivity (Wildman–Crippen MR) is 122 cm³/mol. The Labute approximate surface area is 195 Å². The number of hydrogen-bond donors (Lipinski definition) is 1. The molecule has 2 aromatic carbocycles. The summed E-state index contributed by atoms with van der Waals surface area (Å²) in [6.07, 6.45) is 2.28. The normalized spacial score (nSPS) is 17.8. The van der Waals surface area contributed by atoms with Gasteiger partial charge in [-0.25, -0.2) is 4.98 Å². The van der Waals surface area contributed by atoms with Crippen LogP contribution >= 0.6 is 11.6 Å². The maximum atomic E-state index is 13.0. The highest BCUT2D eigenvalue weighted by Gasteiger charge is 2.39. The highest BCUT2D eigenvalue weighted by Crippen LogP contribution is 2.38. The van der Waals surface area contributed by atoms with Gasteiger partial charge in [-0.05, 0) is 42.3 Å². The number of piperidine rings is 1. The van der Waals surface area contributed by atoms with Crippen LogP contribution in [-0.2, 0) is 23.2 Å². The average molecular weight is 465 g/mol. The fourth-order valence-electron chi connectivity index (χ4n) is 4.50. The van der Waals surface area contributed by atoms with Crippen molar-refractivity contribution in [2.24, 2.45) is 7.05 Å². The summed E-state index contributed by atoms with van der Waals surface area (Å²) in [4.78, 5) is 42.9. The van der Waals surface area contributed by atoms with Crippen molar-refractivity contribution in [1.29, 1.82) is 0 Å². The molecule has 0 spiro atoms. The van der Waals surface area contributed by atoms with Crippen LogP contribution in [0.4, 0.5) is 0 Å². The standard InChI is InChI=1S/C24H21ClN4O4/c1-28-12-26-21(22(28)17-6-4-15(33-2)10-18(17)25)13-3-5-16-14(9-13)11-29(24(16)32)19-7-8-20(30)27-23(19)31/h3-6,9-10,12,19H,7-8,11H2,1-2H3,(H,27,30,31). The fraction of sp³-hybridized carbons (Fsp3) is 0.250. The van der Waals surface area contributed by atoms with Gasteiger partial charge < -0.3 is 14.2 Å². The molecular formula is C24H21ClN4O4. The highest BCUT2D eigenvalue weighted by molar-refractivity contribution is 6.33. The summed E-state index contributed by atoms with van der Waals surface area (Å²) in [5.41, 5.74) is 4.61. The van der Waals surface area contributed by atoms with Gasteiger partial charge in [0.2, 0.25) is 11.8 Å². The molecule has 33 heavy (non-hydrogen) atoms. The molecule has 1 aromatic heterocycles. The zero-order valence-corrected chi connectivity index (χ0v) is 18.8. The summed E-state index contributed by atoms with van der Waals surface area (Å²) in [6.45, 7) is 0.305. The third-order valence-electron chi connectivity index (χ3n) is 6.17. The van der Waals surface area contributed by atoms with Crippen LogP contribution in [0.1, 0.15) is 28.8 Å². The molecule has 0 aliphatic carbocycles. The molecule has 1 unspecified atom stereocenters. The number of aromatic nitrogens is 2. The Morgan fingerprint density at radius 1 is 1.12 bits per heavy atom. The van der Waals surface area contributed by atoms with Gasteiger partial charge in [-0.2, -0.15) is 0 Å². The maximum absolute atomic E-state index is 13.0. The number of imide groups is 1. The van der Waals surface area contributed by atoms with Crippen LogP contribution in [0.3, 0.4) is 0 Å².